The van der Waals surface area contributed by atoms with Gasteiger partial charge in [-0.05, 0) is 45.4 Å². The molecule has 0 heterocycles. The molecule has 1 rings (SSSR count). The molecular formula is C11H23N3O3. The van der Waals surface area contributed by atoms with Crippen molar-refractivity contribution in [1.82, 2.24) is 5.01 Å². The highest BCUT2D eigenvalue weighted by molar-refractivity contribution is 4.71. The average molecular weight is 245 g/mol. The van der Waals surface area contributed by atoms with E-state index in [4.69, 9.17) is 9.94 Å². The van der Waals surface area contributed by atoms with Gasteiger partial charge in [-0.1, -0.05) is 0 Å². The second kappa shape index (κ2) is 7.32. The molecular weight excluding hydrogens is 222 g/mol. The van der Waals surface area contributed by atoms with Gasteiger partial charge in [0.2, 0.25) is 5.28 Å². The van der Waals surface area contributed by atoms with Crippen LogP contribution < -0.4 is 0 Å². The van der Waals surface area contributed by atoms with Crippen LogP contribution in [0.1, 0.15) is 39.5 Å². The summed E-state index contributed by atoms with van der Waals surface area (Å²) >= 11 is 0. The van der Waals surface area contributed by atoms with Gasteiger partial charge in [0.25, 0.3) is 0 Å². The van der Waals surface area contributed by atoms with Crippen molar-refractivity contribution in [3.8, 4) is 0 Å². The Morgan fingerprint density at radius 1 is 1.29 bits per heavy atom. The Hall–Kier alpha value is -1.04. The van der Waals surface area contributed by atoms with E-state index in [0.29, 0.717) is 24.0 Å². The number of rotatable bonds is 6. The third kappa shape index (κ3) is 4.38. The summed E-state index contributed by atoms with van der Waals surface area (Å²) in [5, 5.41) is 25.6. The molecule has 6 nitrogen and oxygen atoms in total. The number of hydrogen-bond acceptors (Lipinski definition) is 4. The number of hydrazine groups is 1. The zero-order valence-corrected chi connectivity index (χ0v) is 10.7. The summed E-state index contributed by atoms with van der Waals surface area (Å²) in [5.74, 6) is 0.390. The lowest BCUT2D eigenvalue weighted by Gasteiger charge is -2.24. The molecule has 0 aromatic heterocycles. The highest BCUT2D eigenvalue weighted by Gasteiger charge is 2.22. The van der Waals surface area contributed by atoms with Gasteiger partial charge in [-0.2, -0.15) is 0 Å². The lowest BCUT2D eigenvalue weighted by molar-refractivity contribution is -0.711. The Labute approximate surface area is 102 Å². The Kier molecular flexibility index (Phi) is 6.04. The van der Waals surface area contributed by atoms with Gasteiger partial charge in [0.1, 0.15) is 6.10 Å². The largest absolute Gasteiger partial charge is 0.569 e. The van der Waals surface area contributed by atoms with Crippen molar-refractivity contribution in [1.29, 1.82) is 0 Å². The Bertz CT molecular complexity index is 236. The molecule has 0 aromatic rings. The number of aliphatic hydroxyl groups excluding tert-OH is 1. The maximum absolute atomic E-state index is 11.5. The second-order valence-corrected chi connectivity index (χ2v) is 4.40. The van der Waals surface area contributed by atoms with Crippen molar-refractivity contribution in [3.63, 3.8) is 0 Å². The average Bonchev–Trinajstić information content (AvgIpc) is 2.38. The van der Waals surface area contributed by atoms with Crippen LogP contribution in [0.3, 0.4) is 0 Å². The van der Waals surface area contributed by atoms with Gasteiger partial charge in [0, 0.05) is 6.61 Å². The van der Waals surface area contributed by atoms with E-state index in [1.165, 1.54) is 0 Å². The summed E-state index contributed by atoms with van der Waals surface area (Å²) < 4.78 is 0. The number of nitrogens with zero attached hydrogens (tertiary/aromatic N) is 3. The third-order valence-electron chi connectivity index (χ3n) is 3.29. The second-order valence-electron chi connectivity index (χ2n) is 4.40. The molecule has 1 aliphatic rings. The van der Waals surface area contributed by atoms with Gasteiger partial charge < -0.3 is 15.2 Å². The van der Waals surface area contributed by atoms with Gasteiger partial charge in [-0.3, -0.25) is 0 Å². The zero-order chi connectivity index (χ0) is 12.7. The first kappa shape index (κ1) is 14.0. The van der Waals surface area contributed by atoms with Gasteiger partial charge in [0.05, 0.1) is 18.1 Å². The van der Waals surface area contributed by atoms with Gasteiger partial charge in [-0.25, -0.2) is 0 Å². The zero-order valence-electron chi connectivity index (χ0n) is 10.7. The Morgan fingerprint density at radius 2 is 1.88 bits per heavy atom. The fourth-order valence-corrected chi connectivity index (χ4v) is 2.04. The summed E-state index contributed by atoms with van der Waals surface area (Å²) in [6.07, 6.45) is 3.63. The maximum atomic E-state index is 11.5. The van der Waals surface area contributed by atoms with Crippen molar-refractivity contribution < 1.29 is 14.9 Å². The molecule has 1 saturated carbocycles. The van der Waals surface area contributed by atoms with E-state index in [-0.39, 0.29) is 12.7 Å². The molecule has 0 amide bonds. The molecule has 0 aromatic carbocycles. The van der Waals surface area contributed by atoms with E-state index in [0.717, 1.165) is 25.7 Å². The lowest BCUT2D eigenvalue weighted by Crippen LogP contribution is -2.31. The molecule has 1 N–H and O–H groups in total. The molecule has 0 bridgehead atoms. The van der Waals surface area contributed by atoms with E-state index in [1.54, 1.807) is 5.01 Å². The summed E-state index contributed by atoms with van der Waals surface area (Å²) in [7, 11) is 0. The molecule has 0 unspecified atom stereocenters. The van der Waals surface area contributed by atoms with Crippen LogP contribution in [-0.4, -0.2) is 40.9 Å². The molecule has 0 spiro atoms. The van der Waals surface area contributed by atoms with E-state index in [1.807, 2.05) is 13.8 Å². The normalized spacial score (nSPS) is 25.7. The first-order chi connectivity index (χ1) is 8.21. The van der Waals surface area contributed by atoms with Crippen LogP contribution in [0.25, 0.3) is 0 Å². The molecule has 100 valence electrons. The van der Waals surface area contributed by atoms with Crippen molar-refractivity contribution in [2.24, 2.45) is 11.2 Å². The summed E-state index contributed by atoms with van der Waals surface area (Å²) in [5.41, 5.74) is 0. The fraction of sp³-hybridized carbons (Fsp3) is 1.00. The minimum atomic E-state index is 0.0183. The highest BCUT2D eigenvalue weighted by atomic mass is 16.7. The maximum Gasteiger partial charge on any atom is 0.233 e. The summed E-state index contributed by atoms with van der Waals surface area (Å²) in [6.45, 7) is 5.28. The van der Waals surface area contributed by atoms with Gasteiger partial charge in [-0.15, -0.1) is 5.01 Å². The smallest absolute Gasteiger partial charge is 0.233 e. The van der Waals surface area contributed by atoms with Crippen LogP contribution >= 0.6 is 0 Å². The molecule has 1 fully saturated rings. The molecule has 0 saturated heterocycles. The molecule has 17 heavy (non-hydrogen) atoms. The monoisotopic (exact) mass is 245 g/mol. The standard InChI is InChI=1S/C11H23N3O3/c1-3-13(4-2)14(16)12-17-11-7-5-10(9-15)6-8-11/h10-11,15H,3-9H2,1-2H3/b14-12-. The van der Waals surface area contributed by atoms with Crippen molar-refractivity contribution in [2.75, 3.05) is 19.7 Å². The van der Waals surface area contributed by atoms with E-state index in [9.17, 15) is 5.21 Å². The van der Waals surface area contributed by atoms with E-state index >= 15 is 0 Å². The molecule has 1 aliphatic carbocycles. The quantitative estimate of drug-likeness (QED) is 0.439. The Morgan fingerprint density at radius 3 is 2.35 bits per heavy atom. The van der Waals surface area contributed by atoms with E-state index in [2.05, 4.69) is 5.28 Å². The van der Waals surface area contributed by atoms with Crippen LogP contribution in [0, 0.1) is 11.1 Å². The van der Waals surface area contributed by atoms with Crippen LogP contribution in [0.2, 0.25) is 0 Å². The van der Waals surface area contributed by atoms with Crippen LogP contribution in [0.5, 0.6) is 0 Å². The Balaban J connectivity index is 2.33. The fourth-order valence-electron chi connectivity index (χ4n) is 2.04. The highest BCUT2D eigenvalue weighted by Crippen LogP contribution is 2.25. The predicted molar refractivity (Wildman–Crippen MR) is 62.9 cm³/mol. The summed E-state index contributed by atoms with van der Waals surface area (Å²) in [4.78, 5) is 5.76. The third-order valence-corrected chi connectivity index (χ3v) is 3.29. The number of hydrogen-bond donors (Lipinski definition) is 1. The molecule has 0 aliphatic heterocycles. The predicted octanol–water partition coefficient (Wildman–Crippen LogP) is 1.69. The summed E-state index contributed by atoms with van der Waals surface area (Å²) in [6, 6.07) is 0. The molecule has 0 radical (unpaired) electrons. The minimum absolute atomic E-state index is 0.0183. The van der Waals surface area contributed by atoms with Crippen LogP contribution in [0.4, 0.5) is 0 Å². The minimum Gasteiger partial charge on any atom is -0.569 e. The lowest BCUT2D eigenvalue weighted by atomic mass is 9.88. The SMILES string of the molecule is CCN(CC)/[N+]([O-])=N/OC1CCC(CO)CC1. The van der Waals surface area contributed by atoms with Crippen molar-refractivity contribution >= 4 is 0 Å². The van der Waals surface area contributed by atoms with Crippen LogP contribution in [-0.2, 0) is 4.84 Å². The van der Waals surface area contributed by atoms with Crippen molar-refractivity contribution in [3.05, 3.63) is 5.21 Å². The van der Waals surface area contributed by atoms with E-state index < -0.39 is 0 Å². The molecule has 6 heteroatoms. The number of aliphatic hydroxyl groups is 1. The van der Waals surface area contributed by atoms with Crippen LogP contribution in [0.15, 0.2) is 5.28 Å². The first-order valence-electron chi connectivity index (χ1n) is 6.40. The van der Waals surface area contributed by atoms with Crippen molar-refractivity contribution in [2.45, 2.75) is 45.6 Å². The molecule has 0 atom stereocenters. The topological polar surface area (TPSA) is 71.1 Å². The van der Waals surface area contributed by atoms with Gasteiger partial charge in [0.15, 0.2) is 0 Å². The van der Waals surface area contributed by atoms with Gasteiger partial charge >= 0.3 is 0 Å². The first-order valence-corrected chi connectivity index (χ1v) is 6.40.